The number of benzene rings is 2. The fourth-order valence-corrected chi connectivity index (χ4v) is 2.22. The van der Waals surface area contributed by atoms with Gasteiger partial charge in [-0.05, 0) is 74.6 Å². The van der Waals surface area contributed by atoms with Gasteiger partial charge in [0.05, 0.1) is 0 Å². The van der Waals surface area contributed by atoms with Gasteiger partial charge in [-0.25, -0.2) is 4.79 Å². The number of rotatable bonds is 4. The Kier molecular flexibility index (Phi) is 4.86. The largest absolute Gasteiger partial charge is 0.481 e. The summed E-state index contributed by atoms with van der Waals surface area (Å²) in [6.45, 7) is 9.89. The number of hydrogen-bond acceptors (Lipinski definition) is 3. The van der Waals surface area contributed by atoms with Gasteiger partial charge >= 0.3 is 5.97 Å². The van der Waals surface area contributed by atoms with Gasteiger partial charge in [0, 0.05) is 0 Å². The highest BCUT2D eigenvalue weighted by molar-refractivity contribution is 5.74. The van der Waals surface area contributed by atoms with Crippen molar-refractivity contribution in [3.05, 3.63) is 58.1 Å². The van der Waals surface area contributed by atoms with E-state index in [0.717, 1.165) is 28.0 Å². The zero-order valence-corrected chi connectivity index (χ0v) is 13.8. The first-order valence-corrected chi connectivity index (χ1v) is 7.36. The van der Waals surface area contributed by atoms with E-state index in [4.69, 9.17) is 9.47 Å². The van der Waals surface area contributed by atoms with E-state index in [0.29, 0.717) is 5.75 Å². The van der Waals surface area contributed by atoms with Crippen LogP contribution in [0, 0.1) is 34.6 Å². The lowest BCUT2D eigenvalue weighted by Crippen LogP contribution is -2.18. The Morgan fingerprint density at radius 1 is 0.864 bits per heavy atom. The van der Waals surface area contributed by atoms with Crippen LogP contribution >= 0.6 is 0 Å². The van der Waals surface area contributed by atoms with Crippen molar-refractivity contribution in [2.75, 3.05) is 6.61 Å². The number of esters is 1. The van der Waals surface area contributed by atoms with Gasteiger partial charge in [-0.15, -0.1) is 0 Å². The van der Waals surface area contributed by atoms with Gasteiger partial charge in [0.25, 0.3) is 0 Å². The molecule has 0 aliphatic rings. The van der Waals surface area contributed by atoms with Crippen LogP contribution in [0.2, 0.25) is 0 Å². The number of hydrogen-bond donors (Lipinski definition) is 0. The lowest BCUT2D eigenvalue weighted by Gasteiger charge is -2.13. The molecule has 3 nitrogen and oxygen atoms in total. The number of carbonyl (C=O) groups is 1. The van der Waals surface area contributed by atoms with Gasteiger partial charge in [-0.3, -0.25) is 0 Å². The highest BCUT2D eigenvalue weighted by Gasteiger charge is 2.11. The minimum Gasteiger partial charge on any atom is -0.481 e. The van der Waals surface area contributed by atoms with Crippen LogP contribution in [0.5, 0.6) is 11.5 Å². The summed E-state index contributed by atoms with van der Waals surface area (Å²) in [4.78, 5) is 11.9. The first-order valence-electron chi connectivity index (χ1n) is 7.36. The highest BCUT2D eigenvalue weighted by atomic mass is 16.6. The van der Waals surface area contributed by atoms with Crippen LogP contribution in [0.3, 0.4) is 0 Å². The Labute approximate surface area is 131 Å². The molecule has 0 radical (unpaired) electrons. The fraction of sp³-hybridized carbons (Fsp3) is 0.316. The second-order valence-corrected chi connectivity index (χ2v) is 5.66. The van der Waals surface area contributed by atoms with Crippen molar-refractivity contribution in [2.45, 2.75) is 34.6 Å². The lowest BCUT2D eigenvalue weighted by molar-refractivity contribution is -0.136. The van der Waals surface area contributed by atoms with E-state index in [9.17, 15) is 4.79 Å². The maximum absolute atomic E-state index is 11.9. The molecule has 0 atom stereocenters. The summed E-state index contributed by atoms with van der Waals surface area (Å²) in [6.07, 6.45) is 0. The Bertz CT molecular complexity index is 702. The van der Waals surface area contributed by atoms with Crippen molar-refractivity contribution in [2.24, 2.45) is 0 Å². The number of carbonyl (C=O) groups excluding carboxylic acids is 1. The van der Waals surface area contributed by atoms with Crippen molar-refractivity contribution >= 4 is 5.97 Å². The molecule has 0 aliphatic carbocycles. The average molecular weight is 298 g/mol. The van der Waals surface area contributed by atoms with Gasteiger partial charge in [-0.1, -0.05) is 18.2 Å². The molecular weight excluding hydrogens is 276 g/mol. The highest BCUT2D eigenvalue weighted by Crippen LogP contribution is 2.25. The van der Waals surface area contributed by atoms with Gasteiger partial charge in [0.15, 0.2) is 6.61 Å². The Balaban J connectivity index is 2.01. The van der Waals surface area contributed by atoms with Gasteiger partial charge in [-0.2, -0.15) is 0 Å². The summed E-state index contributed by atoms with van der Waals surface area (Å²) in [5.74, 6) is 0.912. The second kappa shape index (κ2) is 6.65. The number of aryl methyl sites for hydroxylation is 4. The second-order valence-electron chi connectivity index (χ2n) is 5.66. The summed E-state index contributed by atoms with van der Waals surface area (Å²) in [7, 11) is 0. The average Bonchev–Trinajstić information content (AvgIpc) is 2.47. The van der Waals surface area contributed by atoms with E-state index in [-0.39, 0.29) is 6.61 Å². The predicted molar refractivity (Wildman–Crippen MR) is 87.7 cm³/mol. The van der Waals surface area contributed by atoms with Crippen LogP contribution in [-0.2, 0) is 4.79 Å². The monoisotopic (exact) mass is 298 g/mol. The maximum atomic E-state index is 11.9. The summed E-state index contributed by atoms with van der Waals surface area (Å²) in [5.41, 5.74) is 5.47. The van der Waals surface area contributed by atoms with Crippen molar-refractivity contribution in [3.63, 3.8) is 0 Å². The molecule has 0 unspecified atom stereocenters. The summed E-state index contributed by atoms with van der Waals surface area (Å²) in [6, 6.07) is 9.63. The van der Waals surface area contributed by atoms with Gasteiger partial charge < -0.3 is 9.47 Å². The van der Waals surface area contributed by atoms with Crippen molar-refractivity contribution < 1.29 is 14.3 Å². The van der Waals surface area contributed by atoms with E-state index in [1.165, 1.54) is 5.56 Å². The standard InChI is InChI=1S/C19H22O3/c1-12-8-9-17(10-15(12)4)22-18(20)11-21-19-14(3)7-6-13(2)16(19)5/h6-10H,11H2,1-5H3. The summed E-state index contributed by atoms with van der Waals surface area (Å²) < 4.78 is 11.0. The fourth-order valence-electron chi connectivity index (χ4n) is 2.22. The molecule has 0 heterocycles. The quantitative estimate of drug-likeness (QED) is 0.626. The van der Waals surface area contributed by atoms with Crippen LogP contribution in [0.25, 0.3) is 0 Å². The third kappa shape index (κ3) is 3.67. The lowest BCUT2D eigenvalue weighted by atomic mass is 10.1. The van der Waals surface area contributed by atoms with Crippen molar-refractivity contribution in [3.8, 4) is 11.5 Å². The summed E-state index contributed by atoms with van der Waals surface area (Å²) >= 11 is 0. The van der Waals surface area contributed by atoms with Crippen LogP contribution in [0.4, 0.5) is 0 Å². The Morgan fingerprint density at radius 3 is 2.18 bits per heavy atom. The SMILES string of the molecule is Cc1ccc(OC(=O)COc2c(C)ccc(C)c2C)cc1C. The molecule has 0 amide bonds. The molecule has 2 aromatic carbocycles. The molecule has 2 aromatic rings. The normalized spacial score (nSPS) is 10.4. The zero-order chi connectivity index (χ0) is 16.3. The molecule has 22 heavy (non-hydrogen) atoms. The molecule has 116 valence electrons. The predicted octanol–water partition coefficient (Wildman–Crippen LogP) is 4.21. The molecule has 0 bridgehead atoms. The molecule has 0 spiro atoms. The molecule has 2 rings (SSSR count). The minimum absolute atomic E-state index is 0.0991. The summed E-state index contributed by atoms with van der Waals surface area (Å²) in [5, 5.41) is 0. The number of ether oxygens (including phenoxy) is 2. The first kappa shape index (κ1) is 16.1. The van der Waals surface area contributed by atoms with E-state index in [2.05, 4.69) is 0 Å². The first-order chi connectivity index (χ1) is 10.4. The molecule has 0 aliphatic heterocycles. The van der Waals surface area contributed by atoms with Crippen LogP contribution in [0.1, 0.15) is 27.8 Å². The molecule has 0 N–H and O–H groups in total. The van der Waals surface area contributed by atoms with Crippen molar-refractivity contribution in [1.82, 2.24) is 0 Å². The molecule has 0 saturated carbocycles. The van der Waals surface area contributed by atoms with Crippen molar-refractivity contribution in [1.29, 1.82) is 0 Å². The van der Waals surface area contributed by atoms with Crippen LogP contribution in [0.15, 0.2) is 30.3 Å². The minimum atomic E-state index is -0.399. The molecule has 0 fully saturated rings. The Morgan fingerprint density at radius 2 is 1.50 bits per heavy atom. The van der Waals surface area contributed by atoms with E-state index >= 15 is 0 Å². The van der Waals surface area contributed by atoms with Gasteiger partial charge in [0.1, 0.15) is 11.5 Å². The third-order valence-corrected chi connectivity index (χ3v) is 3.92. The molecule has 0 aromatic heterocycles. The van der Waals surface area contributed by atoms with E-state index in [1.54, 1.807) is 6.07 Å². The Hall–Kier alpha value is -2.29. The maximum Gasteiger partial charge on any atom is 0.349 e. The third-order valence-electron chi connectivity index (χ3n) is 3.92. The van der Waals surface area contributed by atoms with Gasteiger partial charge in [0.2, 0.25) is 0 Å². The molecule has 0 saturated heterocycles. The van der Waals surface area contributed by atoms with Crippen LogP contribution < -0.4 is 9.47 Å². The molecular formula is C19H22O3. The van der Waals surface area contributed by atoms with E-state index in [1.807, 2.05) is 58.9 Å². The molecule has 3 heteroatoms. The van der Waals surface area contributed by atoms with E-state index < -0.39 is 5.97 Å². The van der Waals surface area contributed by atoms with Crippen LogP contribution in [-0.4, -0.2) is 12.6 Å². The smallest absolute Gasteiger partial charge is 0.349 e. The zero-order valence-electron chi connectivity index (χ0n) is 13.8. The topological polar surface area (TPSA) is 35.5 Å².